The van der Waals surface area contributed by atoms with Crippen LogP contribution in [0.3, 0.4) is 0 Å². The lowest BCUT2D eigenvalue weighted by atomic mass is 9.91. The summed E-state index contributed by atoms with van der Waals surface area (Å²) >= 11 is 0. The van der Waals surface area contributed by atoms with E-state index in [0.29, 0.717) is 11.4 Å². The van der Waals surface area contributed by atoms with Crippen molar-refractivity contribution in [1.29, 1.82) is 0 Å². The molecule has 1 aromatic carbocycles. The van der Waals surface area contributed by atoms with Crippen molar-refractivity contribution >= 4 is 10.0 Å². The Balaban J connectivity index is 2.98. The molecule has 0 saturated carbocycles. The Morgan fingerprint density at radius 3 is 1.95 bits per heavy atom. The van der Waals surface area contributed by atoms with Crippen LogP contribution in [0.5, 0.6) is 0 Å². The molecule has 20 heavy (non-hydrogen) atoms. The van der Waals surface area contributed by atoms with Crippen LogP contribution in [0, 0.1) is 0 Å². The summed E-state index contributed by atoms with van der Waals surface area (Å²) in [5.74, 6) is 0. The Kier molecular flexibility index (Phi) is 6.17. The van der Waals surface area contributed by atoms with Gasteiger partial charge in [-0.1, -0.05) is 32.9 Å². The maximum atomic E-state index is 12.5. The largest absolute Gasteiger partial charge is 0.330 e. The monoisotopic (exact) mass is 298 g/mol. The van der Waals surface area contributed by atoms with Crippen molar-refractivity contribution in [3.05, 3.63) is 29.8 Å². The van der Waals surface area contributed by atoms with Gasteiger partial charge < -0.3 is 5.73 Å². The van der Waals surface area contributed by atoms with Crippen LogP contribution in [0.2, 0.25) is 0 Å². The lowest BCUT2D eigenvalue weighted by molar-refractivity contribution is 0.341. The lowest BCUT2D eigenvalue weighted by Gasteiger charge is -2.31. The highest BCUT2D eigenvalue weighted by atomic mass is 32.2. The van der Waals surface area contributed by atoms with E-state index in [-0.39, 0.29) is 5.54 Å². The molecule has 0 amide bonds. The van der Waals surface area contributed by atoms with Crippen LogP contribution in [0.15, 0.2) is 29.2 Å². The van der Waals surface area contributed by atoms with Crippen molar-refractivity contribution in [2.24, 2.45) is 5.73 Å². The number of nitrogens with one attached hydrogen (secondary N) is 1. The number of hydrogen-bond donors (Lipinski definition) is 2. The second kappa shape index (κ2) is 7.20. The first-order valence-corrected chi connectivity index (χ1v) is 8.74. The molecule has 0 radical (unpaired) electrons. The molecule has 1 rings (SSSR count). The lowest BCUT2D eigenvalue weighted by Crippen LogP contribution is -2.46. The zero-order valence-corrected chi connectivity index (χ0v) is 13.5. The number of hydrogen-bond acceptors (Lipinski definition) is 3. The van der Waals surface area contributed by atoms with E-state index in [1.807, 2.05) is 32.9 Å². The Bertz CT molecular complexity index is 497. The number of sulfonamides is 1. The summed E-state index contributed by atoms with van der Waals surface area (Å²) in [5, 5.41) is 0. The molecule has 0 spiro atoms. The molecule has 0 bridgehead atoms. The molecule has 3 N–H and O–H groups in total. The van der Waals surface area contributed by atoms with E-state index in [1.165, 1.54) is 0 Å². The third-order valence-electron chi connectivity index (χ3n) is 4.05. The quantitative estimate of drug-likeness (QED) is 0.774. The van der Waals surface area contributed by atoms with Gasteiger partial charge in [0.05, 0.1) is 4.90 Å². The fourth-order valence-corrected chi connectivity index (χ4v) is 3.93. The average molecular weight is 298 g/mol. The van der Waals surface area contributed by atoms with Crippen LogP contribution < -0.4 is 10.5 Å². The topological polar surface area (TPSA) is 72.2 Å². The first kappa shape index (κ1) is 17.1. The van der Waals surface area contributed by atoms with E-state index in [2.05, 4.69) is 4.72 Å². The molecule has 0 aliphatic carbocycles. The third kappa shape index (κ3) is 4.04. The van der Waals surface area contributed by atoms with Crippen molar-refractivity contribution in [1.82, 2.24) is 4.72 Å². The molecule has 0 atom stereocenters. The van der Waals surface area contributed by atoms with Gasteiger partial charge in [-0.05, 0) is 49.9 Å². The highest BCUT2D eigenvalue weighted by Crippen LogP contribution is 2.23. The Morgan fingerprint density at radius 2 is 1.55 bits per heavy atom. The fourth-order valence-electron chi connectivity index (χ4n) is 2.31. The van der Waals surface area contributed by atoms with Gasteiger partial charge in [-0.25, -0.2) is 13.1 Å². The Morgan fingerprint density at radius 1 is 1.05 bits per heavy atom. The number of benzene rings is 1. The fraction of sp³-hybridized carbons (Fsp3) is 0.600. The van der Waals surface area contributed by atoms with Crippen LogP contribution >= 0.6 is 0 Å². The molecule has 114 valence electrons. The smallest absolute Gasteiger partial charge is 0.241 e. The zero-order chi connectivity index (χ0) is 15.2. The van der Waals surface area contributed by atoms with Crippen molar-refractivity contribution in [2.45, 2.75) is 56.9 Å². The molecule has 0 unspecified atom stereocenters. The standard InChI is InChI=1S/C15H26N2O2S/c1-4-15(5-2,6-3)17-20(18,19)14-9-7-13(8-10-14)11-12-16/h7-10,17H,4-6,11-12,16H2,1-3H3. The summed E-state index contributed by atoms with van der Waals surface area (Å²) in [5.41, 5.74) is 6.19. The summed E-state index contributed by atoms with van der Waals surface area (Å²) in [6.45, 7) is 6.61. The van der Waals surface area contributed by atoms with Gasteiger partial charge in [0, 0.05) is 5.54 Å². The van der Waals surface area contributed by atoms with Crippen LogP contribution in [-0.2, 0) is 16.4 Å². The SMILES string of the molecule is CCC(CC)(CC)NS(=O)(=O)c1ccc(CCN)cc1. The Hall–Kier alpha value is -0.910. The van der Waals surface area contributed by atoms with Crippen molar-refractivity contribution in [3.8, 4) is 0 Å². The second-order valence-electron chi connectivity index (χ2n) is 5.13. The van der Waals surface area contributed by atoms with E-state index in [1.54, 1.807) is 12.1 Å². The molecule has 0 fully saturated rings. The van der Waals surface area contributed by atoms with Crippen molar-refractivity contribution in [2.75, 3.05) is 6.54 Å². The van der Waals surface area contributed by atoms with Crippen LogP contribution in [0.4, 0.5) is 0 Å². The van der Waals surface area contributed by atoms with Crippen LogP contribution in [0.1, 0.15) is 45.6 Å². The number of rotatable bonds is 8. The predicted molar refractivity (Wildman–Crippen MR) is 83.1 cm³/mol. The van der Waals surface area contributed by atoms with Gasteiger partial charge in [0.2, 0.25) is 10.0 Å². The molecule has 0 aliphatic heterocycles. The van der Waals surface area contributed by atoms with Crippen molar-refractivity contribution < 1.29 is 8.42 Å². The molecule has 4 nitrogen and oxygen atoms in total. The molecular formula is C15H26N2O2S. The van der Waals surface area contributed by atoms with Gasteiger partial charge in [-0.2, -0.15) is 0 Å². The van der Waals surface area contributed by atoms with E-state index >= 15 is 0 Å². The first-order chi connectivity index (χ1) is 9.43. The third-order valence-corrected chi connectivity index (χ3v) is 5.64. The molecule has 0 heterocycles. The van der Waals surface area contributed by atoms with E-state index < -0.39 is 10.0 Å². The molecular weight excluding hydrogens is 272 g/mol. The average Bonchev–Trinajstić information content (AvgIpc) is 2.46. The summed E-state index contributed by atoms with van der Waals surface area (Å²) < 4.78 is 27.8. The molecule has 0 saturated heterocycles. The molecule has 1 aromatic rings. The first-order valence-electron chi connectivity index (χ1n) is 7.26. The number of nitrogens with two attached hydrogens (primary N) is 1. The maximum Gasteiger partial charge on any atom is 0.241 e. The van der Waals surface area contributed by atoms with E-state index in [4.69, 9.17) is 5.73 Å². The minimum atomic E-state index is -3.47. The molecule has 0 aliphatic rings. The summed E-state index contributed by atoms with van der Waals surface area (Å²) in [7, 11) is -3.47. The Labute approximate surface area is 122 Å². The van der Waals surface area contributed by atoms with Gasteiger partial charge in [-0.3, -0.25) is 0 Å². The molecule has 0 aromatic heterocycles. The summed E-state index contributed by atoms with van der Waals surface area (Å²) in [6, 6.07) is 6.96. The molecule has 5 heteroatoms. The summed E-state index contributed by atoms with van der Waals surface area (Å²) in [6.07, 6.45) is 3.11. The minimum absolute atomic E-state index is 0.318. The van der Waals surface area contributed by atoms with Gasteiger partial charge in [0.1, 0.15) is 0 Å². The van der Waals surface area contributed by atoms with Crippen LogP contribution in [-0.4, -0.2) is 20.5 Å². The second-order valence-corrected chi connectivity index (χ2v) is 6.81. The predicted octanol–water partition coefficient (Wildman–Crippen LogP) is 2.43. The summed E-state index contributed by atoms with van der Waals surface area (Å²) in [4.78, 5) is 0.318. The van der Waals surface area contributed by atoms with Crippen LogP contribution in [0.25, 0.3) is 0 Å². The van der Waals surface area contributed by atoms with E-state index in [0.717, 1.165) is 31.2 Å². The van der Waals surface area contributed by atoms with Gasteiger partial charge in [0.15, 0.2) is 0 Å². The van der Waals surface area contributed by atoms with E-state index in [9.17, 15) is 8.42 Å². The normalized spacial score (nSPS) is 12.6. The van der Waals surface area contributed by atoms with Crippen molar-refractivity contribution in [3.63, 3.8) is 0 Å². The zero-order valence-electron chi connectivity index (χ0n) is 12.6. The van der Waals surface area contributed by atoms with Gasteiger partial charge in [0.25, 0.3) is 0 Å². The van der Waals surface area contributed by atoms with Gasteiger partial charge >= 0.3 is 0 Å². The maximum absolute atomic E-state index is 12.5. The highest BCUT2D eigenvalue weighted by molar-refractivity contribution is 7.89. The highest BCUT2D eigenvalue weighted by Gasteiger charge is 2.30. The minimum Gasteiger partial charge on any atom is -0.330 e. The van der Waals surface area contributed by atoms with Gasteiger partial charge in [-0.15, -0.1) is 0 Å².